The van der Waals surface area contributed by atoms with Crippen LogP contribution in [0.3, 0.4) is 0 Å². The highest BCUT2D eigenvalue weighted by molar-refractivity contribution is 5.21. The van der Waals surface area contributed by atoms with E-state index < -0.39 is 0 Å². The first kappa shape index (κ1) is 19.5. The molecule has 3 unspecified atom stereocenters. The molecule has 2 aromatic carbocycles. The molecule has 0 saturated carbocycles. The standard InChI is InChI=1S/C23H31FN4/c1-27(15-18-6-3-2-4-7-18)22-8-5-13-28(17-22)16-20-14-25-26-23(20)19-9-11-21(24)12-10-19/h2-4,6-7,9-12,20,22-23,25-26H,5,8,13-17H2,1H3. The van der Waals surface area contributed by atoms with Crippen LogP contribution in [0.15, 0.2) is 54.6 Å². The van der Waals surface area contributed by atoms with E-state index in [9.17, 15) is 4.39 Å². The lowest BCUT2D eigenvalue weighted by Crippen LogP contribution is -2.48. The van der Waals surface area contributed by atoms with Crippen molar-refractivity contribution in [2.24, 2.45) is 5.92 Å². The second-order valence-corrected chi connectivity index (χ2v) is 8.27. The van der Waals surface area contributed by atoms with Crippen molar-refractivity contribution < 1.29 is 4.39 Å². The summed E-state index contributed by atoms with van der Waals surface area (Å²) in [5.41, 5.74) is 9.24. The number of likely N-dealkylation sites (tertiary alicyclic amines) is 1. The van der Waals surface area contributed by atoms with E-state index in [2.05, 4.69) is 58.0 Å². The Kier molecular flexibility index (Phi) is 6.37. The number of hydrazine groups is 1. The van der Waals surface area contributed by atoms with Gasteiger partial charge < -0.3 is 4.90 Å². The lowest BCUT2D eigenvalue weighted by Gasteiger charge is -2.39. The Morgan fingerprint density at radius 3 is 2.68 bits per heavy atom. The molecule has 2 fully saturated rings. The van der Waals surface area contributed by atoms with Crippen molar-refractivity contribution in [3.8, 4) is 0 Å². The normalized spacial score (nSPS) is 26.0. The molecule has 0 aliphatic carbocycles. The van der Waals surface area contributed by atoms with Crippen LogP contribution in [0.4, 0.5) is 4.39 Å². The van der Waals surface area contributed by atoms with Crippen LogP contribution in [0.2, 0.25) is 0 Å². The van der Waals surface area contributed by atoms with Gasteiger partial charge >= 0.3 is 0 Å². The summed E-state index contributed by atoms with van der Waals surface area (Å²) in [6, 6.07) is 18.5. The molecule has 150 valence electrons. The predicted molar refractivity (Wildman–Crippen MR) is 111 cm³/mol. The van der Waals surface area contributed by atoms with E-state index in [4.69, 9.17) is 0 Å². The Bertz CT molecular complexity index is 736. The highest BCUT2D eigenvalue weighted by Gasteiger charge is 2.32. The number of hydrogen-bond donors (Lipinski definition) is 2. The Balaban J connectivity index is 1.34. The topological polar surface area (TPSA) is 30.5 Å². The molecular formula is C23H31FN4. The highest BCUT2D eigenvalue weighted by Crippen LogP contribution is 2.27. The molecule has 2 aliphatic rings. The second-order valence-electron chi connectivity index (χ2n) is 8.27. The van der Waals surface area contributed by atoms with Crippen LogP contribution in [0.5, 0.6) is 0 Å². The first-order chi connectivity index (χ1) is 13.7. The molecule has 2 aliphatic heterocycles. The van der Waals surface area contributed by atoms with Crippen molar-refractivity contribution in [2.75, 3.05) is 33.2 Å². The van der Waals surface area contributed by atoms with E-state index >= 15 is 0 Å². The van der Waals surface area contributed by atoms with E-state index in [0.717, 1.165) is 31.7 Å². The van der Waals surface area contributed by atoms with E-state index in [-0.39, 0.29) is 11.9 Å². The predicted octanol–water partition coefficient (Wildman–Crippen LogP) is 3.19. The van der Waals surface area contributed by atoms with Crippen LogP contribution in [0.25, 0.3) is 0 Å². The molecule has 4 nitrogen and oxygen atoms in total. The Labute approximate surface area is 167 Å². The van der Waals surface area contributed by atoms with Crippen LogP contribution in [-0.4, -0.2) is 49.1 Å². The molecule has 0 spiro atoms. The fourth-order valence-corrected chi connectivity index (χ4v) is 4.62. The van der Waals surface area contributed by atoms with Gasteiger partial charge in [0.25, 0.3) is 0 Å². The summed E-state index contributed by atoms with van der Waals surface area (Å²) >= 11 is 0. The molecule has 0 radical (unpaired) electrons. The number of hydrogen-bond acceptors (Lipinski definition) is 4. The number of halogens is 1. The summed E-state index contributed by atoms with van der Waals surface area (Å²) in [4.78, 5) is 5.12. The van der Waals surface area contributed by atoms with Crippen LogP contribution >= 0.6 is 0 Å². The van der Waals surface area contributed by atoms with Gasteiger partial charge in [-0.05, 0) is 49.7 Å². The number of nitrogens with zero attached hydrogens (tertiary/aromatic N) is 2. The first-order valence-electron chi connectivity index (χ1n) is 10.4. The van der Waals surface area contributed by atoms with Crippen molar-refractivity contribution in [2.45, 2.75) is 31.5 Å². The van der Waals surface area contributed by atoms with Gasteiger partial charge in [0.1, 0.15) is 5.82 Å². The zero-order chi connectivity index (χ0) is 19.3. The maximum Gasteiger partial charge on any atom is 0.123 e. The summed E-state index contributed by atoms with van der Waals surface area (Å²) in [5.74, 6) is 0.315. The quantitative estimate of drug-likeness (QED) is 0.803. The van der Waals surface area contributed by atoms with Gasteiger partial charge in [0.05, 0.1) is 6.04 Å². The van der Waals surface area contributed by atoms with Crippen molar-refractivity contribution >= 4 is 0 Å². The van der Waals surface area contributed by atoms with Gasteiger partial charge in [-0.25, -0.2) is 9.82 Å². The molecule has 5 heteroatoms. The third-order valence-corrected chi connectivity index (χ3v) is 6.19. The fourth-order valence-electron chi connectivity index (χ4n) is 4.62. The molecule has 3 atom stereocenters. The number of nitrogens with one attached hydrogen (secondary N) is 2. The lowest BCUT2D eigenvalue weighted by atomic mass is 9.93. The van der Waals surface area contributed by atoms with E-state index in [1.54, 1.807) is 12.1 Å². The van der Waals surface area contributed by atoms with Crippen molar-refractivity contribution in [1.82, 2.24) is 20.7 Å². The third kappa shape index (κ3) is 4.78. The lowest BCUT2D eigenvalue weighted by molar-refractivity contribution is 0.0991. The zero-order valence-corrected chi connectivity index (χ0v) is 16.7. The van der Waals surface area contributed by atoms with E-state index in [1.165, 1.54) is 24.9 Å². The number of rotatable bonds is 6. The van der Waals surface area contributed by atoms with Crippen LogP contribution < -0.4 is 10.9 Å². The molecule has 2 saturated heterocycles. The number of piperidine rings is 1. The molecule has 0 amide bonds. The van der Waals surface area contributed by atoms with Gasteiger partial charge in [-0.2, -0.15) is 0 Å². The maximum atomic E-state index is 13.3. The molecular weight excluding hydrogens is 351 g/mol. The zero-order valence-electron chi connectivity index (χ0n) is 16.7. The summed E-state index contributed by atoms with van der Waals surface area (Å²) in [6.45, 7) is 5.31. The van der Waals surface area contributed by atoms with Gasteiger partial charge in [0.15, 0.2) is 0 Å². The largest absolute Gasteiger partial charge is 0.301 e. The molecule has 2 heterocycles. The number of likely N-dealkylation sites (N-methyl/N-ethyl adjacent to an activating group) is 1. The average molecular weight is 383 g/mol. The SMILES string of the molecule is CN(Cc1ccccc1)C1CCCN(CC2CNNC2c2ccc(F)cc2)C1. The third-order valence-electron chi connectivity index (χ3n) is 6.19. The molecule has 2 N–H and O–H groups in total. The number of benzene rings is 2. The minimum atomic E-state index is -0.174. The maximum absolute atomic E-state index is 13.3. The molecule has 2 aromatic rings. The first-order valence-corrected chi connectivity index (χ1v) is 10.4. The highest BCUT2D eigenvalue weighted by atomic mass is 19.1. The Hall–Kier alpha value is -1.79. The summed E-state index contributed by atoms with van der Waals surface area (Å²) in [5, 5.41) is 0. The minimum absolute atomic E-state index is 0.174. The monoisotopic (exact) mass is 382 g/mol. The van der Waals surface area contributed by atoms with Gasteiger partial charge in [0, 0.05) is 38.1 Å². The van der Waals surface area contributed by atoms with Gasteiger partial charge in [-0.15, -0.1) is 0 Å². The average Bonchev–Trinajstić information content (AvgIpc) is 3.17. The van der Waals surface area contributed by atoms with Gasteiger partial charge in [0.2, 0.25) is 0 Å². The van der Waals surface area contributed by atoms with E-state index in [0.29, 0.717) is 12.0 Å². The van der Waals surface area contributed by atoms with Gasteiger partial charge in [-0.3, -0.25) is 10.3 Å². The summed E-state index contributed by atoms with van der Waals surface area (Å²) in [7, 11) is 2.25. The molecule has 0 aromatic heterocycles. The summed E-state index contributed by atoms with van der Waals surface area (Å²) < 4.78 is 13.3. The van der Waals surface area contributed by atoms with Gasteiger partial charge in [-0.1, -0.05) is 42.5 Å². The molecule has 28 heavy (non-hydrogen) atoms. The van der Waals surface area contributed by atoms with Crippen LogP contribution in [0.1, 0.15) is 30.0 Å². The summed E-state index contributed by atoms with van der Waals surface area (Å²) in [6.07, 6.45) is 2.51. The Morgan fingerprint density at radius 2 is 1.89 bits per heavy atom. The van der Waals surface area contributed by atoms with Crippen LogP contribution in [-0.2, 0) is 6.54 Å². The molecule has 0 bridgehead atoms. The van der Waals surface area contributed by atoms with Crippen molar-refractivity contribution in [1.29, 1.82) is 0 Å². The second kappa shape index (κ2) is 9.14. The Morgan fingerprint density at radius 1 is 1.11 bits per heavy atom. The van der Waals surface area contributed by atoms with Crippen molar-refractivity contribution in [3.05, 3.63) is 71.5 Å². The fraction of sp³-hybridized carbons (Fsp3) is 0.478. The van der Waals surface area contributed by atoms with E-state index in [1.807, 2.05) is 12.1 Å². The van der Waals surface area contributed by atoms with Crippen LogP contribution in [0, 0.1) is 11.7 Å². The molecule has 4 rings (SSSR count). The smallest absolute Gasteiger partial charge is 0.123 e. The van der Waals surface area contributed by atoms with Crippen molar-refractivity contribution in [3.63, 3.8) is 0 Å². The minimum Gasteiger partial charge on any atom is -0.301 e.